The van der Waals surface area contributed by atoms with E-state index in [2.05, 4.69) is 4.98 Å². The number of aliphatic hydroxyl groups is 1. The molecule has 1 saturated carbocycles. The molecule has 1 atom stereocenters. The topological polar surface area (TPSA) is 33.1 Å². The monoisotopic (exact) mass is 205 g/mol. The van der Waals surface area contributed by atoms with E-state index in [-0.39, 0.29) is 0 Å². The third kappa shape index (κ3) is 2.20. The lowest BCUT2D eigenvalue weighted by molar-refractivity contribution is -0.0217. The molecule has 1 heterocycles. The summed E-state index contributed by atoms with van der Waals surface area (Å²) in [7, 11) is 0. The van der Waals surface area contributed by atoms with Crippen molar-refractivity contribution in [2.75, 3.05) is 0 Å². The van der Waals surface area contributed by atoms with E-state index in [1.165, 1.54) is 19.3 Å². The Kier molecular flexibility index (Phi) is 3.06. The summed E-state index contributed by atoms with van der Waals surface area (Å²) in [5.41, 5.74) is 0.256. The second kappa shape index (κ2) is 4.31. The normalized spacial score (nSPS) is 22.3. The number of pyridine rings is 1. The molecule has 2 nitrogen and oxygen atoms in total. The quantitative estimate of drug-likeness (QED) is 0.805. The first kappa shape index (κ1) is 10.6. The average Bonchev–Trinajstić information content (AvgIpc) is 2.31. The zero-order valence-corrected chi connectivity index (χ0v) is 9.32. The maximum Gasteiger partial charge on any atom is 0.0911 e. The van der Waals surface area contributed by atoms with Gasteiger partial charge in [0, 0.05) is 18.0 Å². The summed E-state index contributed by atoms with van der Waals surface area (Å²) in [5, 5.41) is 10.6. The first-order valence-corrected chi connectivity index (χ1v) is 5.84. The van der Waals surface area contributed by atoms with Crippen LogP contribution in [0.3, 0.4) is 0 Å². The van der Waals surface area contributed by atoms with Crippen LogP contribution < -0.4 is 0 Å². The fourth-order valence-electron chi connectivity index (χ4n) is 2.56. The van der Waals surface area contributed by atoms with Gasteiger partial charge in [-0.3, -0.25) is 4.98 Å². The number of nitrogens with zero attached hydrogens (tertiary/aromatic N) is 1. The SMILES string of the molecule is CC(O)(c1cccnc1)C1CCCCC1. The highest BCUT2D eigenvalue weighted by molar-refractivity contribution is 5.18. The summed E-state index contributed by atoms with van der Waals surface area (Å²) in [6.07, 6.45) is 9.64. The number of hydrogen-bond acceptors (Lipinski definition) is 2. The number of aromatic nitrogens is 1. The van der Waals surface area contributed by atoms with Gasteiger partial charge < -0.3 is 5.11 Å². The minimum Gasteiger partial charge on any atom is -0.385 e. The van der Waals surface area contributed by atoms with E-state index in [0.717, 1.165) is 18.4 Å². The molecule has 0 spiro atoms. The second-order valence-corrected chi connectivity index (χ2v) is 4.72. The Labute approximate surface area is 91.4 Å². The lowest BCUT2D eigenvalue weighted by Crippen LogP contribution is -2.33. The molecule has 0 saturated heterocycles. The van der Waals surface area contributed by atoms with E-state index in [4.69, 9.17) is 0 Å². The summed E-state index contributed by atoms with van der Waals surface area (Å²) in [4.78, 5) is 4.09. The number of hydrogen-bond donors (Lipinski definition) is 1. The molecule has 1 aliphatic carbocycles. The maximum absolute atomic E-state index is 10.6. The van der Waals surface area contributed by atoms with Crippen molar-refractivity contribution in [3.63, 3.8) is 0 Å². The Morgan fingerprint density at radius 1 is 1.33 bits per heavy atom. The average molecular weight is 205 g/mol. The van der Waals surface area contributed by atoms with E-state index < -0.39 is 5.60 Å². The zero-order valence-electron chi connectivity index (χ0n) is 9.32. The van der Waals surface area contributed by atoms with Crippen LogP contribution in [0.4, 0.5) is 0 Å². The highest BCUT2D eigenvalue weighted by Crippen LogP contribution is 2.38. The van der Waals surface area contributed by atoms with Gasteiger partial charge in [-0.25, -0.2) is 0 Å². The second-order valence-electron chi connectivity index (χ2n) is 4.72. The van der Waals surface area contributed by atoms with E-state index >= 15 is 0 Å². The van der Waals surface area contributed by atoms with Gasteiger partial charge in [-0.2, -0.15) is 0 Å². The summed E-state index contributed by atoms with van der Waals surface area (Å²) in [6, 6.07) is 3.87. The van der Waals surface area contributed by atoms with Gasteiger partial charge >= 0.3 is 0 Å². The highest BCUT2D eigenvalue weighted by atomic mass is 16.3. The molecule has 15 heavy (non-hydrogen) atoms. The third-order valence-electron chi connectivity index (χ3n) is 3.65. The van der Waals surface area contributed by atoms with Crippen molar-refractivity contribution in [3.05, 3.63) is 30.1 Å². The molecule has 0 bridgehead atoms. The highest BCUT2D eigenvalue weighted by Gasteiger charge is 2.34. The van der Waals surface area contributed by atoms with E-state index in [1.807, 2.05) is 19.1 Å². The van der Waals surface area contributed by atoms with Gasteiger partial charge in [0.15, 0.2) is 0 Å². The summed E-state index contributed by atoms with van der Waals surface area (Å²) < 4.78 is 0. The first-order chi connectivity index (χ1) is 7.21. The zero-order chi connectivity index (χ0) is 10.7. The van der Waals surface area contributed by atoms with Gasteiger partial charge in [0.1, 0.15) is 0 Å². The fraction of sp³-hybridized carbons (Fsp3) is 0.615. The van der Waals surface area contributed by atoms with E-state index in [9.17, 15) is 5.11 Å². The van der Waals surface area contributed by atoms with Gasteiger partial charge in [-0.15, -0.1) is 0 Å². The predicted molar refractivity (Wildman–Crippen MR) is 60.4 cm³/mol. The molecular formula is C13H19NO. The van der Waals surface area contributed by atoms with Crippen molar-refractivity contribution in [2.45, 2.75) is 44.6 Å². The van der Waals surface area contributed by atoms with Crippen molar-refractivity contribution in [1.29, 1.82) is 0 Å². The smallest absolute Gasteiger partial charge is 0.0911 e. The predicted octanol–water partition coefficient (Wildman–Crippen LogP) is 2.87. The summed E-state index contributed by atoms with van der Waals surface area (Å²) in [6.45, 7) is 1.93. The number of rotatable bonds is 2. The van der Waals surface area contributed by atoms with E-state index in [1.54, 1.807) is 12.4 Å². The van der Waals surface area contributed by atoms with Gasteiger partial charge in [0.2, 0.25) is 0 Å². The van der Waals surface area contributed by atoms with E-state index in [0.29, 0.717) is 5.92 Å². The Balaban J connectivity index is 2.18. The van der Waals surface area contributed by atoms with Crippen LogP contribution in [0.2, 0.25) is 0 Å². The van der Waals surface area contributed by atoms with Gasteiger partial charge in [-0.1, -0.05) is 25.3 Å². The van der Waals surface area contributed by atoms with Crippen molar-refractivity contribution >= 4 is 0 Å². The lowest BCUT2D eigenvalue weighted by atomic mass is 9.75. The van der Waals surface area contributed by atoms with Crippen molar-refractivity contribution in [3.8, 4) is 0 Å². The third-order valence-corrected chi connectivity index (χ3v) is 3.65. The van der Waals surface area contributed by atoms with Crippen molar-refractivity contribution < 1.29 is 5.11 Å². The molecule has 1 aliphatic rings. The molecule has 0 amide bonds. The molecule has 0 aromatic carbocycles. The van der Waals surface area contributed by atoms with Crippen LogP contribution in [-0.2, 0) is 5.60 Å². The Morgan fingerprint density at radius 3 is 2.67 bits per heavy atom. The molecular weight excluding hydrogens is 186 g/mol. The largest absolute Gasteiger partial charge is 0.385 e. The Bertz CT molecular complexity index is 302. The van der Waals surface area contributed by atoms with Crippen molar-refractivity contribution in [1.82, 2.24) is 4.98 Å². The van der Waals surface area contributed by atoms with Crippen LogP contribution in [0.1, 0.15) is 44.6 Å². The van der Waals surface area contributed by atoms with Crippen molar-refractivity contribution in [2.24, 2.45) is 5.92 Å². The molecule has 2 rings (SSSR count). The maximum atomic E-state index is 10.6. The van der Waals surface area contributed by atoms with Crippen LogP contribution in [0.5, 0.6) is 0 Å². The van der Waals surface area contributed by atoms with Gasteiger partial charge in [-0.05, 0) is 31.7 Å². The Hall–Kier alpha value is -0.890. The first-order valence-electron chi connectivity index (χ1n) is 5.84. The molecule has 1 aromatic heterocycles. The van der Waals surface area contributed by atoms with Crippen LogP contribution in [-0.4, -0.2) is 10.1 Å². The molecule has 1 unspecified atom stereocenters. The Morgan fingerprint density at radius 2 is 2.07 bits per heavy atom. The minimum absolute atomic E-state index is 0.399. The molecule has 82 valence electrons. The minimum atomic E-state index is -0.700. The van der Waals surface area contributed by atoms with Crippen LogP contribution >= 0.6 is 0 Å². The molecule has 1 aromatic rings. The molecule has 0 aliphatic heterocycles. The van der Waals surface area contributed by atoms with Crippen LogP contribution in [0, 0.1) is 5.92 Å². The molecule has 0 radical (unpaired) electrons. The van der Waals surface area contributed by atoms with Gasteiger partial charge in [0.05, 0.1) is 5.60 Å². The standard InChI is InChI=1S/C13H19NO/c1-13(15,11-6-3-2-4-7-11)12-8-5-9-14-10-12/h5,8-11,15H,2-4,6-7H2,1H3. The van der Waals surface area contributed by atoms with Crippen LogP contribution in [0.25, 0.3) is 0 Å². The molecule has 1 N–H and O–H groups in total. The summed E-state index contributed by atoms with van der Waals surface area (Å²) in [5.74, 6) is 0.399. The summed E-state index contributed by atoms with van der Waals surface area (Å²) >= 11 is 0. The lowest BCUT2D eigenvalue weighted by Gasteiger charge is -2.35. The molecule has 1 fully saturated rings. The van der Waals surface area contributed by atoms with Crippen LogP contribution in [0.15, 0.2) is 24.5 Å². The molecule has 2 heteroatoms. The fourth-order valence-corrected chi connectivity index (χ4v) is 2.56. The van der Waals surface area contributed by atoms with Gasteiger partial charge in [0.25, 0.3) is 0 Å².